The number of furan rings is 1. The minimum atomic E-state index is -0.887. The lowest BCUT2D eigenvalue weighted by Crippen LogP contribution is -2.38. The lowest BCUT2D eigenvalue weighted by atomic mass is 9.86. The first-order valence-corrected chi connectivity index (χ1v) is 7.99. The van der Waals surface area contributed by atoms with E-state index in [4.69, 9.17) is 9.15 Å². The third kappa shape index (κ3) is 2.45. The molecule has 2 aliphatic heterocycles. The minimum absolute atomic E-state index is 0.0776. The predicted molar refractivity (Wildman–Crippen MR) is 86.8 cm³/mol. The zero-order valence-corrected chi connectivity index (χ0v) is 13.8. The van der Waals surface area contributed by atoms with E-state index in [1.807, 2.05) is 0 Å². The number of carbonyl (C=O) groups is 2. The van der Waals surface area contributed by atoms with E-state index in [1.165, 1.54) is 6.07 Å². The summed E-state index contributed by atoms with van der Waals surface area (Å²) >= 11 is 0. The highest BCUT2D eigenvalue weighted by Crippen LogP contribution is 2.43. The van der Waals surface area contributed by atoms with Crippen LogP contribution < -0.4 is 5.32 Å². The summed E-state index contributed by atoms with van der Waals surface area (Å²) in [6.45, 7) is 3.45. The van der Waals surface area contributed by atoms with Gasteiger partial charge in [0.05, 0.1) is 22.8 Å². The van der Waals surface area contributed by atoms with Crippen molar-refractivity contribution in [3.05, 3.63) is 59.2 Å². The van der Waals surface area contributed by atoms with Gasteiger partial charge in [0.15, 0.2) is 0 Å². The summed E-state index contributed by atoms with van der Waals surface area (Å²) in [7, 11) is 0. The molecule has 25 heavy (non-hydrogen) atoms. The molecule has 1 atom stereocenters. The Morgan fingerprint density at radius 1 is 1.16 bits per heavy atom. The molecule has 0 saturated heterocycles. The van der Waals surface area contributed by atoms with Crippen LogP contribution in [0.5, 0.6) is 0 Å². The van der Waals surface area contributed by atoms with Gasteiger partial charge in [-0.3, -0.25) is 4.79 Å². The van der Waals surface area contributed by atoms with E-state index in [1.54, 1.807) is 44.2 Å². The van der Waals surface area contributed by atoms with Crippen molar-refractivity contribution < 1.29 is 23.1 Å². The molecule has 0 saturated carbocycles. The number of cyclic esters (lactones) is 1. The van der Waals surface area contributed by atoms with E-state index < -0.39 is 23.3 Å². The van der Waals surface area contributed by atoms with E-state index in [2.05, 4.69) is 5.32 Å². The van der Waals surface area contributed by atoms with Gasteiger partial charge in [0.2, 0.25) is 5.91 Å². The van der Waals surface area contributed by atoms with E-state index in [9.17, 15) is 14.0 Å². The Morgan fingerprint density at radius 3 is 2.68 bits per heavy atom. The molecule has 6 heteroatoms. The first kappa shape index (κ1) is 15.6. The number of nitrogens with one attached hydrogen (secondary N) is 1. The molecular weight excluding hydrogens is 325 g/mol. The molecule has 0 bridgehead atoms. The highest BCUT2D eigenvalue weighted by atomic mass is 19.1. The highest BCUT2D eigenvalue weighted by Gasteiger charge is 2.48. The number of amides is 1. The lowest BCUT2D eigenvalue weighted by Gasteiger charge is -2.26. The maximum Gasteiger partial charge on any atom is 0.337 e. The molecule has 0 fully saturated rings. The van der Waals surface area contributed by atoms with Crippen LogP contribution in [-0.2, 0) is 14.3 Å². The molecule has 0 radical (unpaired) electrons. The fourth-order valence-corrected chi connectivity index (χ4v) is 3.37. The molecule has 128 valence electrons. The molecular formula is C19H16FNO4. The normalized spacial score (nSPS) is 21.8. The molecule has 0 unspecified atom stereocenters. The maximum atomic E-state index is 14.0. The van der Waals surface area contributed by atoms with E-state index >= 15 is 0 Å². The number of carbonyl (C=O) groups excluding carboxylic acids is 2. The summed E-state index contributed by atoms with van der Waals surface area (Å²) in [6.07, 6.45) is 0.0776. The second-order valence-corrected chi connectivity index (χ2v) is 6.68. The maximum absolute atomic E-state index is 14.0. The van der Waals surface area contributed by atoms with Gasteiger partial charge in [-0.25, -0.2) is 9.18 Å². The van der Waals surface area contributed by atoms with Gasteiger partial charge >= 0.3 is 5.97 Å². The zero-order valence-electron chi connectivity index (χ0n) is 13.8. The van der Waals surface area contributed by atoms with Crippen LogP contribution in [0.15, 0.2) is 52.1 Å². The van der Waals surface area contributed by atoms with Crippen molar-refractivity contribution in [2.75, 3.05) is 0 Å². The number of hydrogen-bond acceptors (Lipinski definition) is 4. The molecule has 1 amide bonds. The van der Waals surface area contributed by atoms with E-state index in [0.29, 0.717) is 28.4 Å². The van der Waals surface area contributed by atoms with Gasteiger partial charge in [-0.1, -0.05) is 12.1 Å². The van der Waals surface area contributed by atoms with Crippen LogP contribution in [-0.4, -0.2) is 17.5 Å². The summed E-state index contributed by atoms with van der Waals surface area (Å²) < 4.78 is 25.1. The smallest absolute Gasteiger partial charge is 0.337 e. The molecule has 0 aliphatic carbocycles. The number of hydrogen-bond donors (Lipinski definition) is 1. The highest BCUT2D eigenvalue weighted by molar-refractivity contribution is 5.99. The summed E-state index contributed by atoms with van der Waals surface area (Å²) in [5.41, 5.74) is 0.320. The Hall–Kier alpha value is -2.89. The van der Waals surface area contributed by atoms with Crippen molar-refractivity contribution in [2.24, 2.45) is 0 Å². The SMILES string of the molecule is CC1(C)OC(=O)C2=C1NC(=O)C[C@H]2c1ccc(-c2ccccc2F)o1. The predicted octanol–water partition coefficient (Wildman–Crippen LogP) is 3.28. The van der Waals surface area contributed by atoms with Crippen molar-refractivity contribution in [3.8, 4) is 11.3 Å². The summed E-state index contributed by atoms with van der Waals surface area (Å²) in [5.74, 6) is -0.820. The minimum Gasteiger partial charge on any atom is -0.460 e. The second kappa shape index (κ2) is 5.31. The topological polar surface area (TPSA) is 68.5 Å². The van der Waals surface area contributed by atoms with Crippen LogP contribution in [0.1, 0.15) is 31.9 Å². The van der Waals surface area contributed by atoms with Crippen molar-refractivity contribution in [3.63, 3.8) is 0 Å². The number of halogens is 1. The van der Waals surface area contributed by atoms with Crippen molar-refractivity contribution >= 4 is 11.9 Å². The average Bonchev–Trinajstić information content (AvgIpc) is 3.11. The Balaban J connectivity index is 1.77. The van der Waals surface area contributed by atoms with Crippen LogP contribution in [0, 0.1) is 5.82 Å². The number of esters is 1. The molecule has 4 rings (SSSR count). The second-order valence-electron chi connectivity index (χ2n) is 6.68. The number of ether oxygens (including phenoxy) is 1. The van der Waals surface area contributed by atoms with Gasteiger partial charge in [-0.05, 0) is 38.1 Å². The third-order valence-electron chi connectivity index (χ3n) is 4.55. The summed E-state index contributed by atoms with van der Waals surface area (Å²) in [4.78, 5) is 24.4. The van der Waals surface area contributed by atoms with Gasteiger partial charge in [0.1, 0.15) is 22.9 Å². The summed E-state index contributed by atoms with van der Waals surface area (Å²) in [6, 6.07) is 9.60. The molecule has 2 aromatic rings. The Bertz CT molecular complexity index is 925. The average molecular weight is 341 g/mol. The van der Waals surface area contributed by atoms with Crippen molar-refractivity contribution in [1.29, 1.82) is 0 Å². The van der Waals surface area contributed by atoms with Crippen LogP contribution in [0.4, 0.5) is 4.39 Å². The fourth-order valence-electron chi connectivity index (χ4n) is 3.37. The van der Waals surface area contributed by atoms with Crippen LogP contribution in [0.25, 0.3) is 11.3 Å². The first-order valence-electron chi connectivity index (χ1n) is 7.99. The molecule has 5 nitrogen and oxygen atoms in total. The Labute approximate surface area is 143 Å². The first-order chi connectivity index (χ1) is 11.9. The third-order valence-corrected chi connectivity index (χ3v) is 4.55. The van der Waals surface area contributed by atoms with E-state index in [0.717, 1.165) is 0 Å². The van der Waals surface area contributed by atoms with Crippen LogP contribution >= 0.6 is 0 Å². The summed E-state index contributed by atoms with van der Waals surface area (Å²) in [5, 5.41) is 2.74. The van der Waals surface area contributed by atoms with Gasteiger partial charge < -0.3 is 14.5 Å². The van der Waals surface area contributed by atoms with Crippen LogP contribution in [0.3, 0.4) is 0 Å². The largest absolute Gasteiger partial charge is 0.460 e. The quantitative estimate of drug-likeness (QED) is 0.851. The molecule has 1 aromatic heterocycles. The molecule has 3 heterocycles. The standard InChI is InChI=1S/C19H16FNO4/c1-19(2)17-16(18(23)25-19)11(9-15(22)21-17)14-8-7-13(24-14)10-5-3-4-6-12(10)20/h3-8,11H,9H2,1-2H3,(H,21,22)/t11-/m0/s1. The van der Waals surface area contributed by atoms with Crippen molar-refractivity contribution in [1.82, 2.24) is 5.32 Å². The van der Waals surface area contributed by atoms with Gasteiger partial charge in [0, 0.05) is 6.42 Å². The molecule has 1 aromatic carbocycles. The van der Waals surface area contributed by atoms with Crippen molar-refractivity contribution in [2.45, 2.75) is 31.8 Å². The number of benzene rings is 1. The Kier molecular flexibility index (Phi) is 3.32. The monoisotopic (exact) mass is 341 g/mol. The fraction of sp³-hybridized carbons (Fsp3) is 0.263. The van der Waals surface area contributed by atoms with Gasteiger partial charge in [0.25, 0.3) is 0 Å². The molecule has 0 spiro atoms. The lowest BCUT2D eigenvalue weighted by molar-refractivity contribution is -0.144. The number of rotatable bonds is 2. The van der Waals surface area contributed by atoms with E-state index in [-0.39, 0.29) is 12.3 Å². The van der Waals surface area contributed by atoms with Crippen LogP contribution in [0.2, 0.25) is 0 Å². The Morgan fingerprint density at radius 2 is 1.92 bits per heavy atom. The van der Waals surface area contributed by atoms with Gasteiger partial charge in [-0.2, -0.15) is 0 Å². The van der Waals surface area contributed by atoms with Gasteiger partial charge in [-0.15, -0.1) is 0 Å². The molecule has 1 N–H and O–H groups in total. The molecule has 2 aliphatic rings. The zero-order chi connectivity index (χ0) is 17.8.